The van der Waals surface area contributed by atoms with E-state index in [0.29, 0.717) is 33.4 Å². The Hall–Kier alpha value is -3.21. The molecule has 0 spiro atoms. The van der Waals surface area contributed by atoms with Gasteiger partial charge < -0.3 is 9.67 Å². The number of aryl methyl sites for hydroxylation is 1. The van der Waals surface area contributed by atoms with Crippen molar-refractivity contribution in [1.29, 1.82) is 0 Å². The molecule has 0 saturated heterocycles. The van der Waals surface area contributed by atoms with Crippen molar-refractivity contribution < 1.29 is 19.1 Å². The van der Waals surface area contributed by atoms with E-state index in [1.54, 1.807) is 42.1 Å². The maximum atomic E-state index is 14.4. The van der Waals surface area contributed by atoms with Crippen LogP contribution in [0.25, 0.3) is 11.0 Å². The third kappa shape index (κ3) is 3.67. The van der Waals surface area contributed by atoms with Gasteiger partial charge in [-0.3, -0.25) is 9.63 Å². The van der Waals surface area contributed by atoms with E-state index in [1.165, 1.54) is 6.07 Å². The second-order valence-corrected chi connectivity index (χ2v) is 5.89. The van der Waals surface area contributed by atoms with Gasteiger partial charge in [-0.15, -0.1) is 6.42 Å². The topological polar surface area (TPSA) is 76.4 Å². The highest BCUT2D eigenvalue weighted by molar-refractivity contribution is 6.07. The minimum absolute atomic E-state index is 0.0354. The van der Waals surface area contributed by atoms with Gasteiger partial charge >= 0.3 is 0 Å². The van der Waals surface area contributed by atoms with Crippen molar-refractivity contribution in [3.8, 4) is 12.3 Å². The second-order valence-electron chi connectivity index (χ2n) is 5.89. The van der Waals surface area contributed by atoms with E-state index < -0.39 is 11.7 Å². The molecule has 2 aromatic heterocycles. The maximum absolute atomic E-state index is 14.4. The average Bonchev–Trinajstić information content (AvgIpc) is 2.95. The van der Waals surface area contributed by atoms with Gasteiger partial charge in [0.25, 0.3) is 5.91 Å². The number of rotatable bonds is 6. The van der Waals surface area contributed by atoms with Crippen LogP contribution in [0.3, 0.4) is 0 Å². The Morgan fingerprint density at radius 3 is 2.96 bits per heavy atom. The first-order chi connectivity index (χ1) is 13.1. The average molecular weight is 367 g/mol. The largest absolute Gasteiger partial charge is 0.394 e. The number of amides is 1. The molecular formula is C20H18FN3O3. The molecule has 7 heteroatoms. The number of hydroxylamine groups is 1. The Morgan fingerprint density at radius 1 is 1.44 bits per heavy atom. The minimum atomic E-state index is -0.488. The molecular weight excluding hydrogens is 349 g/mol. The summed E-state index contributed by atoms with van der Waals surface area (Å²) >= 11 is 0. The number of hydrogen-bond donors (Lipinski definition) is 2. The van der Waals surface area contributed by atoms with Crippen molar-refractivity contribution >= 4 is 16.9 Å². The molecule has 0 radical (unpaired) electrons. The number of carbonyl (C=O) groups excluding carboxylic acids is 1. The fraction of sp³-hybridized carbons (Fsp3) is 0.200. The van der Waals surface area contributed by atoms with Crippen LogP contribution in [0.4, 0.5) is 4.39 Å². The van der Waals surface area contributed by atoms with Crippen LogP contribution in [0.5, 0.6) is 0 Å². The molecule has 138 valence electrons. The molecule has 0 bridgehead atoms. The van der Waals surface area contributed by atoms with Gasteiger partial charge in [0.05, 0.1) is 18.8 Å². The van der Waals surface area contributed by atoms with E-state index in [2.05, 4.69) is 16.4 Å². The number of carbonyl (C=O) groups is 1. The summed E-state index contributed by atoms with van der Waals surface area (Å²) in [6.07, 6.45) is 7.10. The summed E-state index contributed by atoms with van der Waals surface area (Å²) in [5, 5.41) is 9.43. The monoisotopic (exact) mass is 367 g/mol. The normalized spacial score (nSPS) is 10.7. The van der Waals surface area contributed by atoms with E-state index in [1.807, 2.05) is 0 Å². The number of aliphatic hydroxyl groups excluding tert-OH is 1. The van der Waals surface area contributed by atoms with Crippen molar-refractivity contribution in [3.05, 3.63) is 64.7 Å². The van der Waals surface area contributed by atoms with Crippen LogP contribution in [0.2, 0.25) is 0 Å². The van der Waals surface area contributed by atoms with E-state index in [4.69, 9.17) is 16.4 Å². The highest BCUT2D eigenvalue weighted by Gasteiger charge is 2.23. The third-order valence-corrected chi connectivity index (χ3v) is 4.23. The fourth-order valence-corrected chi connectivity index (χ4v) is 2.94. The molecule has 6 nitrogen and oxygen atoms in total. The van der Waals surface area contributed by atoms with Crippen LogP contribution in [-0.2, 0) is 18.3 Å². The number of halogens is 1. The Labute approximate surface area is 155 Å². The lowest BCUT2D eigenvalue weighted by molar-refractivity contribution is 0.0169. The smallest absolute Gasteiger partial charge is 0.277 e. The van der Waals surface area contributed by atoms with Gasteiger partial charge in [-0.1, -0.05) is 12.0 Å². The third-order valence-electron chi connectivity index (χ3n) is 4.23. The molecule has 2 heterocycles. The number of nitrogens with zero attached hydrogens (tertiary/aromatic N) is 2. The molecule has 0 aliphatic carbocycles. The van der Waals surface area contributed by atoms with E-state index >= 15 is 0 Å². The highest BCUT2D eigenvalue weighted by Crippen LogP contribution is 2.27. The van der Waals surface area contributed by atoms with E-state index in [0.717, 1.165) is 0 Å². The Morgan fingerprint density at radius 2 is 2.26 bits per heavy atom. The van der Waals surface area contributed by atoms with E-state index in [-0.39, 0.29) is 19.6 Å². The van der Waals surface area contributed by atoms with Crippen LogP contribution in [0.1, 0.15) is 27.2 Å². The number of pyridine rings is 1. The number of aromatic nitrogens is 2. The van der Waals surface area contributed by atoms with Gasteiger partial charge in [0, 0.05) is 36.3 Å². The first kappa shape index (κ1) is 18.6. The number of fused-ring (bicyclic) bond motifs is 1. The molecule has 27 heavy (non-hydrogen) atoms. The van der Waals surface area contributed by atoms with Crippen molar-refractivity contribution in [2.24, 2.45) is 7.05 Å². The van der Waals surface area contributed by atoms with Crippen molar-refractivity contribution in [2.45, 2.75) is 6.42 Å². The summed E-state index contributed by atoms with van der Waals surface area (Å²) < 4.78 is 16.2. The molecule has 3 aromatic rings. The van der Waals surface area contributed by atoms with Gasteiger partial charge in [-0.05, 0) is 29.8 Å². The summed E-state index contributed by atoms with van der Waals surface area (Å²) in [6, 6.07) is 8.05. The predicted octanol–water partition coefficient (Wildman–Crippen LogP) is 1.94. The molecule has 1 amide bonds. The molecule has 0 aliphatic heterocycles. The van der Waals surface area contributed by atoms with Gasteiger partial charge in [-0.25, -0.2) is 14.9 Å². The lowest BCUT2D eigenvalue weighted by Gasteiger charge is -2.10. The van der Waals surface area contributed by atoms with Gasteiger partial charge in [-0.2, -0.15) is 0 Å². The van der Waals surface area contributed by atoms with Crippen LogP contribution in [0, 0.1) is 18.2 Å². The molecule has 3 rings (SSSR count). The predicted molar refractivity (Wildman–Crippen MR) is 98.4 cm³/mol. The number of hydrogen-bond acceptors (Lipinski definition) is 4. The second kappa shape index (κ2) is 7.99. The lowest BCUT2D eigenvalue weighted by atomic mass is 10.0. The minimum Gasteiger partial charge on any atom is -0.394 e. The van der Waals surface area contributed by atoms with Gasteiger partial charge in [0.15, 0.2) is 0 Å². The number of nitrogens with one attached hydrogen (secondary N) is 1. The summed E-state index contributed by atoms with van der Waals surface area (Å²) in [4.78, 5) is 21.9. The quantitative estimate of drug-likeness (QED) is 0.397. The Balaban J connectivity index is 2.06. The zero-order chi connectivity index (χ0) is 19.4. The summed E-state index contributed by atoms with van der Waals surface area (Å²) in [5.41, 5.74) is 4.69. The lowest BCUT2D eigenvalue weighted by Crippen LogP contribution is -2.26. The first-order valence-electron chi connectivity index (χ1n) is 8.27. The molecule has 0 fully saturated rings. The number of terminal acetylenes is 1. The fourth-order valence-electron chi connectivity index (χ4n) is 2.94. The zero-order valence-electron chi connectivity index (χ0n) is 14.7. The number of aliphatic hydroxyl groups is 1. The van der Waals surface area contributed by atoms with Crippen LogP contribution < -0.4 is 5.48 Å². The van der Waals surface area contributed by atoms with Crippen molar-refractivity contribution in [2.75, 3.05) is 13.2 Å². The molecule has 0 unspecified atom stereocenters. The van der Waals surface area contributed by atoms with Gasteiger partial charge in [0.1, 0.15) is 11.5 Å². The standard InChI is InChI=1S/C20H18FN3O3/c1-3-13-6-7-14(16(21)11-13)12-17-18(20(26)23-27-10-9-25)15-5-4-8-22-19(15)24(17)2/h1,4-8,11,25H,9-10,12H2,2H3,(H,23,26). The Kier molecular flexibility index (Phi) is 5.50. The van der Waals surface area contributed by atoms with Crippen LogP contribution >= 0.6 is 0 Å². The van der Waals surface area contributed by atoms with Crippen molar-refractivity contribution in [1.82, 2.24) is 15.0 Å². The van der Waals surface area contributed by atoms with Crippen molar-refractivity contribution in [3.63, 3.8) is 0 Å². The zero-order valence-corrected chi connectivity index (χ0v) is 14.7. The van der Waals surface area contributed by atoms with Crippen LogP contribution in [-0.4, -0.2) is 33.8 Å². The summed E-state index contributed by atoms with van der Waals surface area (Å²) in [5.74, 6) is 1.47. The summed E-state index contributed by atoms with van der Waals surface area (Å²) in [6.45, 7) is -0.261. The molecule has 2 N–H and O–H groups in total. The number of benzene rings is 1. The molecule has 0 aliphatic rings. The molecule has 0 atom stereocenters. The molecule has 0 saturated carbocycles. The Bertz CT molecular complexity index is 1040. The van der Waals surface area contributed by atoms with Crippen LogP contribution in [0.15, 0.2) is 36.5 Å². The SMILES string of the molecule is C#Cc1ccc(Cc2c(C(=O)NOCCO)c3cccnc3n2C)c(F)c1. The van der Waals surface area contributed by atoms with Gasteiger partial charge in [0.2, 0.25) is 0 Å². The highest BCUT2D eigenvalue weighted by atomic mass is 19.1. The van der Waals surface area contributed by atoms with E-state index in [9.17, 15) is 9.18 Å². The summed E-state index contributed by atoms with van der Waals surface area (Å²) in [7, 11) is 1.77. The maximum Gasteiger partial charge on any atom is 0.277 e. The molecule has 1 aromatic carbocycles. The first-order valence-corrected chi connectivity index (χ1v) is 8.27.